The number of aromatic nitrogens is 4. The molecule has 1 N–H and O–H groups in total. The second-order valence-corrected chi connectivity index (χ2v) is 5.60. The molecule has 9 nitrogen and oxygen atoms in total. The maximum atomic E-state index is 13.7. The Labute approximate surface area is 167 Å². The quantitative estimate of drug-likeness (QED) is 0.437. The average molecular weight is 421 g/mol. The van der Waals surface area contributed by atoms with E-state index >= 15 is 0 Å². The molecular weight excluding hydrogens is 407 g/mol. The van der Waals surface area contributed by atoms with Crippen molar-refractivity contribution in [3.05, 3.63) is 60.2 Å². The Hall–Kier alpha value is -3.80. The van der Waals surface area contributed by atoms with Crippen molar-refractivity contribution in [3.8, 4) is 22.9 Å². The van der Waals surface area contributed by atoms with Crippen molar-refractivity contribution in [3.63, 3.8) is 0 Å². The molecule has 0 saturated heterocycles. The summed E-state index contributed by atoms with van der Waals surface area (Å²) in [6, 6.07) is 4.05. The number of ether oxygens (including phenoxy) is 2. The molecule has 1 amide bonds. The first-order valence-electron chi connectivity index (χ1n) is 8.30. The lowest BCUT2D eigenvalue weighted by molar-refractivity contribution is -0.0528. The van der Waals surface area contributed by atoms with Gasteiger partial charge in [0.05, 0.1) is 31.4 Å². The number of alkyl halides is 2. The molecule has 0 aliphatic rings. The van der Waals surface area contributed by atoms with Crippen LogP contribution in [-0.4, -0.2) is 39.6 Å². The molecule has 0 spiro atoms. The van der Waals surface area contributed by atoms with Gasteiger partial charge >= 0.3 is 6.61 Å². The van der Waals surface area contributed by atoms with Gasteiger partial charge in [0, 0.05) is 23.4 Å². The number of nitrogens with zero attached hydrogens (tertiary/aromatic N) is 4. The zero-order chi connectivity index (χ0) is 21.5. The molecule has 3 rings (SSSR count). The van der Waals surface area contributed by atoms with Gasteiger partial charge in [0.25, 0.3) is 5.91 Å². The Balaban J connectivity index is 1.63. The summed E-state index contributed by atoms with van der Waals surface area (Å²) in [5.74, 6) is -1.42. The summed E-state index contributed by atoms with van der Waals surface area (Å²) in [6.07, 6.45) is 5.01. The molecule has 0 fully saturated rings. The van der Waals surface area contributed by atoms with Gasteiger partial charge in [-0.15, -0.1) is 0 Å². The van der Waals surface area contributed by atoms with Gasteiger partial charge in [0.1, 0.15) is 18.1 Å². The summed E-state index contributed by atoms with van der Waals surface area (Å²) < 4.78 is 47.1. The molecule has 3 aromatic rings. The van der Waals surface area contributed by atoms with Gasteiger partial charge in [0.2, 0.25) is 11.8 Å². The Morgan fingerprint density at radius 3 is 2.70 bits per heavy atom. The molecule has 12 heteroatoms. The number of amides is 1. The molecule has 0 unspecified atom stereocenters. The van der Waals surface area contributed by atoms with Gasteiger partial charge in [0.15, 0.2) is 0 Å². The third-order valence-electron chi connectivity index (χ3n) is 3.62. The van der Waals surface area contributed by atoms with Crippen LogP contribution in [0.15, 0.2) is 43.0 Å². The minimum Gasteiger partial charge on any atom is -0.495 e. The van der Waals surface area contributed by atoms with E-state index in [4.69, 9.17) is 9.57 Å². The fourth-order valence-electron chi connectivity index (χ4n) is 2.22. The van der Waals surface area contributed by atoms with E-state index in [1.165, 1.54) is 50.1 Å². The number of methoxy groups -OCH3 is 1. The van der Waals surface area contributed by atoms with E-state index in [2.05, 4.69) is 30.2 Å². The van der Waals surface area contributed by atoms with Crippen LogP contribution in [0, 0.1) is 5.95 Å². The normalized spacial score (nSPS) is 10.7. The van der Waals surface area contributed by atoms with Crippen LogP contribution in [0.1, 0.15) is 16.1 Å². The van der Waals surface area contributed by atoms with E-state index in [0.717, 1.165) is 0 Å². The van der Waals surface area contributed by atoms with Gasteiger partial charge in [-0.25, -0.2) is 20.4 Å². The molecule has 0 aliphatic heterocycles. The lowest BCUT2D eigenvalue weighted by Gasteiger charge is -2.08. The predicted octanol–water partition coefficient (Wildman–Crippen LogP) is 2.54. The van der Waals surface area contributed by atoms with Gasteiger partial charge in [-0.2, -0.15) is 13.2 Å². The lowest BCUT2D eigenvalue weighted by Crippen LogP contribution is -2.25. The Kier molecular flexibility index (Phi) is 6.70. The second kappa shape index (κ2) is 9.60. The van der Waals surface area contributed by atoms with Crippen LogP contribution in [0.4, 0.5) is 13.2 Å². The topological polar surface area (TPSA) is 108 Å². The molecule has 0 radical (unpaired) electrons. The smallest absolute Gasteiger partial charge is 0.388 e. The summed E-state index contributed by atoms with van der Waals surface area (Å²) in [5.41, 5.74) is 2.79. The van der Waals surface area contributed by atoms with E-state index in [9.17, 15) is 18.0 Å². The average Bonchev–Trinajstić information content (AvgIpc) is 2.75. The molecule has 0 atom stereocenters. The highest BCUT2D eigenvalue weighted by Crippen LogP contribution is 2.19. The van der Waals surface area contributed by atoms with Crippen LogP contribution in [0.3, 0.4) is 0 Å². The van der Waals surface area contributed by atoms with Crippen molar-refractivity contribution in [2.24, 2.45) is 0 Å². The number of hydrogen-bond donors (Lipinski definition) is 1. The third kappa shape index (κ3) is 5.38. The lowest BCUT2D eigenvalue weighted by atomic mass is 10.2. The van der Waals surface area contributed by atoms with Crippen LogP contribution in [0.2, 0.25) is 0 Å². The Morgan fingerprint density at radius 1 is 1.17 bits per heavy atom. The van der Waals surface area contributed by atoms with Gasteiger partial charge in [-0.1, -0.05) is 0 Å². The van der Waals surface area contributed by atoms with Crippen molar-refractivity contribution in [1.82, 2.24) is 25.4 Å². The second-order valence-electron chi connectivity index (χ2n) is 5.60. The SMILES string of the molecule is COc1cnc(F)c(CONC(=O)c2cncc(-c3ccc(OC(F)F)nc3)n2)c1. The third-order valence-corrected chi connectivity index (χ3v) is 3.62. The van der Waals surface area contributed by atoms with Gasteiger partial charge in [-0.3, -0.25) is 14.6 Å². The van der Waals surface area contributed by atoms with Crippen molar-refractivity contribution in [2.75, 3.05) is 7.11 Å². The molecule has 3 aromatic heterocycles. The summed E-state index contributed by atoms with van der Waals surface area (Å²) in [7, 11) is 1.40. The fourth-order valence-corrected chi connectivity index (χ4v) is 2.22. The molecule has 30 heavy (non-hydrogen) atoms. The first kappa shape index (κ1) is 20.9. The number of carbonyl (C=O) groups is 1. The first-order chi connectivity index (χ1) is 14.5. The van der Waals surface area contributed by atoms with Gasteiger partial charge < -0.3 is 9.47 Å². The van der Waals surface area contributed by atoms with Crippen molar-refractivity contribution in [1.29, 1.82) is 0 Å². The minimum absolute atomic E-state index is 0.0756. The first-order valence-corrected chi connectivity index (χ1v) is 8.30. The molecule has 0 saturated carbocycles. The number of hydrogen-bond acceptors (Lipinski definition) is 8. The van der Waals surface area contributed by atoms with Gasteiger partial charge in [-0.05, 0) is 12.1 Å². The molecule has 0 bridgehead atoms. The number of carbonyl (C=O) groups excluding carboxylic acids is 1. The molecule has 0 aliphatic carbocycles. The van der Waals surface area contributed by atoms with Crippen molar-refractivity contribution < 1.29 is 32.3 Å². The molecular formula is C18H14F3N5O4. The summed E-state index contributed by atoms with van der Waals surface area (Å²) >= 11 is 0. The van der Waals surface area contributed by atoms with E-state index in [-0.39, 0.29) is 29.4 Å². The molecule has 3 heterocycles. The minimum atomic E-state index is -2.99. The zero-order valence-electron chi connectivity index (χ0n) is 15.4. The monoisotopic (exact) mass is 421 g/mol. The van der Waals surface area contributed by atoms with E-state index in [0.29, 0.717) is 11.3 Å². The number of pyridine rings is 2. The van der Waals surface area contributed by atoms with Crippen molar-refractivity contribution >= 4 is 5.91 Å². The number of hydroxylamine groups is 1. The number of rotatable bonds is 8. The van der Waals surface area contributed by atoms with Crippen LogP contribution in [0.25, 0.3) is 11.3 Å². The standard InChI is InChI=1S/C18H14F3N5O4/c1-28-12-4-11(16(19)24-6-12)9-29-26-17(27)14-8-22-7-13(25-14)10-2-3-15(23-5-10)30-18(20)21/h2-8,18H,9H2,1H3,(H,26,27). The highest BCUT2D eigenvalue weighted by Gasteiger charge is 2.13. The summed E-state index contributed by atoms with van der Waals surface area (Å²) in [5, 5.41) is 0. The predicted molar refractivity (Wildman–Crippen MR) is 94.9 cm³/mol. The van der Waals surface area contributed by atoms with Crippen LogP contribution >= 0.6 is 0 Å². The molecule has 156 valence electrons. The van der Waals surface area contributed by atoms with Crippen LogP contribution < -0.4 is 15.0 Å². The largest absolute Gasteiger partial charge is 0.495 e. The van der Waals surface area contributed by atoms with Crippen LogP contribution in [-0.2, 0) is 11.4 Å². The maximum absolute atomic E-state index is 13.7. The van der Waals surface area contributed by atoms with E-state index in [1.807, 2.05) is 0 Å². The maximum Gasteiger partial charge on any atom is 0.388 e. The highest BCUT2D eigenvalue weighted by atomic mass is 19.3. The number of nitrogens with one attached hydrogen (secondary N) is 1. The van der Waals surface area contributed by atoms with E-state index in [1.54, 1.807) is 0 Å². The molecule has 0 aromatic carbocycles. The van der Waals surface area contributed by atoms with Crippen LogP contribution in [0.5, 0.6) is 11.6 Å². The van der Waals surface area contributed by atoms with Crippen molar-refractivity contribution in [2.45, 2.75) is 13.2 Å². The van der Waals surface area contributed by atoms with E-state index < -0.39 is 18.5 Å². The number of halogens is 3. The Bertz CT molecular complexity index is 1020. The fraction of sp³-hybridized carbons (Fsp3) is 0.167. The highest BCUT2D eigenvalue weighted by molar-refractivity contribution is 5.91. The Morgan fingerprint density at radius 2 is 2.00 bits per heavy atom. The summed E-state index contributed by atoms with van der Waals surface area (Å²) in [4.78, 5) is 32.5. The zero-order valence-corrected chi connectivity index (χ0v) is 15.4. The summed E-state index contributed by atoms with van der Waals surface area (Å²) in [6.45, 7) is -3.29.